The van der Waals surface area contributed by atoms with Crippen molar-refractivity contribution in [3.8, 4) is 11.5 Å². The molecule has 3 heterocycles. The van der Waals surface area contributed by atoms with Crippen molar-refractivity contribution in [1.82, 2.24) is 9.80 Å². The van der Waals surface area contributed by atoms with Crippen LogP contribution in [0, 0.1) is 11.8 Å². The van der Waals surface area contributed by atoms with E-state index in [9.17, 15) is 14.4 Å². The smallest absolute Gasteiger partial charge is 0.310 e. The van der Waals surface area contributed by atoms with Crippen LogP contribution >= 0.6 is 0 Å². The van der Waals surface area contributed by atoms with Crippen LogP contribution in [0.3, 0.4) is 0 Å². The van der Waals surface area contributed by atoms with Crippen molar-refractivity contribution >= 4 is 17.8 Å². The summed E-state index contributed by atoms with van der Waals surface area (Å²) in [4.78, 5) is 41.0. The second-order valence-electron chi connectivity index (χ2n) is 7.74. The Hall–Kier alpha value is -2.77. The zero-order valence-electron chi connectivity index (χ0n) is 16.6. The highest BCUT2D eigenvalue weighted by molar-refractivity contribution is 5.89. The third-order valence-corrected chi connectivity index (χ3v) is 5.73. The van der Waals surface area contributed by atoms with Crippen molar-refractivity contribution in [2.24, 2.45) is 11.8 Å². The molecule has 0 saturated carbocycles. The first-order chi connectivity index (χ1) is 14.0. The first-order valence-electron chi connectivity index (χ1n) is 10.2. The molecule has 8 nitrogen and oxygen atoms in total. The first-order valence-corrected chi connectivity index (χ1v) is 10.2. The van der Waals surface area contributed by atoms with E-state index in [1.54, 1.807) is 16.7 Å². The summed E-state index contributed by atoms with van der Waals surface area (Å²) in [5.41, 5.74) is 0.941. The summed E-state index contributed by atoms with van der Waals surface area (Å²) < 4.78 is 15.8. The van der Waals surface area contributed by atoms with Gasteiger partial charge in [-0.2, -0.15) is 0 Å². The third kappa shape index (κ3) is 4.16. The molecule has 1 aromatic carbocycles. The van der Waals surface area contributed by atoms with E-state index in [0.717, 1.165) is 18.4 Å². The van der Waals surface area contributed by atoms with Crippen LogP contribution in [-0.2, 0) is 25.7 Å². The lowest BCUT2D eigenvalue weighted by atomic mass is 9.96. The lowest BCUT2D eigenvalue weighted by molar-refractivity contribution is -0.152. The lowest BCUT2D eigenvalue weighted by Gasteiger charge is -2.33. The lowest BCUT2D eigenvalue weighted by Crippen LogP contribution is -2.45. The average Bonchev–Trinajstić information content (AvgIpc) is 3.34. The largest absolute Gasteiger partial charge is 0.466 e. The highest BCUT2D eigenvalue weighted by Crippen LogP contribution is 2.33. The van der Waals surface area contributed by atoms with Crippen molar-refractivity contribution < 1.29 is 28.6 Å². The number of piperidine rings is 1. The molecule has 0 spiro atoms. The molecule has 0 aromatic heterocycles. The monoisotopic (exact) mass is 402 g/mol. The number of benzene rings is 1. The van der Waals surface area contributed by atoms with E-state index in [0.29, 0.717) is 44.3 Å². The molecular formula is C21H26N2O6. The van der Waals surface area contributed by atoms with Gasteiger partial charge in [0, 0.05) is 32.6 Å². The Morgan fingerprint density at radius 2 is 2.00 bits per heavy atom. The van der Waals surface area contributed by atoms with Crippen LogP contribution in [0.1, 0.15) is 31.7 Å². The molecule has 2 atom stereocenters. The standard InChI is InChI=1S/C21H26N2O6/c1-2-27-21(26)15-4-3-7-22(11-15)20(25)16-9-19(24)23(12-16)10-14-5-6-17-18(8-14)29-13-28-17/h5-6,8,15-16H,2-4,7,9-13H2,1H3. The Bertz CT molecular complexity index is 810. The summed E-state index contributed by atoms with van der Waals surface area (Å²) in [6.07, 6.45) is 1.73. The minimum atomic E-state index is -0.363. The summed E-state index contributed by atoms with van der Waals surface area (Å²) in [7, 11) is 0. The van der Waals surface area contributed by atoms with Crippen LogP contribution < -0.4 is 9.47 Å². The van der Waals surface area contributed by atoms with Crippen molar-refractivity contribution in [2.75, 3.05) is 33.0 Å². The van der Waals surface area contributed by atoms with E-state index in [-0.39, 0.29) is 42.8 Å². The second kappa shape index (κ2) is 8.31. The number of carbonyl (C=O) groups is 3. The van der Waals surface area contributed by atoms with Crippen LogP contribution in [0.2, 0.25) is 0 Å². The van der Waals surface area contributed by atoms with Crippen LogP contribution in [-0.4, -0.2) is 60.6 Å². The van der Waals surface area contributed by atoms with Gasteiger partial charge < -0.3 is 24.0 Å². The zero-order valence-corrected chi connectivity index (χ0v) is 16.6. The Morgan fingerprint density at radius 3 is 2.83 bits per heavy atom. The minimum absolute atomic E-state index is 0.0278. The molecule has 0 aliphatic carbocycles. The molecule has 156 valence electrons. The molecule has 29 heavy (non-hydrogen) atoms. The topological polar surface area (TPSA) is 85.4 Å². The highest BCUT2D eigenvalue weighted by atomic mass is 16.7. The maximum atomic E-state index is 13.0. The van der Waals surface area contributed by atoms with Gasteiger partial charge in [-0.1, -0.05) is 6.07 Å². The van der Waals surface area contributed by atoms with E-state index in [2.05, 4.69) is 0 Å². The van der Waals surface area contributed by atoms with Crippen molar-refractivity contribution in [3.63, 3.8) is 0 Å². The molecule has 0 bridgehead atoms. The quantitative estimate of drug-likeness (QED) is 0.695. The Balaban J connectivity index is 1.36. The third-order valence-electron chi connectivity index (χ3n) is 5.73. The SMILES string of the molecule is CCOC(=O)C1CCCN(C(=O)C2CC(=O)N(Cc3ccc4c(c3)OCO4)C2)C1. The number of esters is 1. The van der Waals surface area contributed by atoms with Gasteiger partial charge in [0.05, 0.1) is 18.4 Å². The number of carbonyl (C=O) groups excluding carboxylic acids is 3. The predicted molar refractivity (Wildman–Crippen MR) is 102 cm³/mol. The molecule has 2 unspecified atom stereocenters. The normalized spacial score (nSPS) is 23.4. The number of nitrogens with zero attached hydrogens (tertiary/aromatic N) is 2. The molecule has 4 rings (SSSR count). The van der Waals surface area contributed by atoms with Crippen molar-refractivity contribution in [2.45, 2.75) is 32.7 Å². The molecule has 3 aliphatic rings. The fraction of sp³-hybridized carbons (Fsp3) is 0.571. The van der Waals surface area contributed by atoms with Gasteiger partial charge in [-0.05, 0) is 37.5 Å². The summed E-state index contributed by atoms with van der Waals surface area (Å²) in [6, 6.07) is 5.62. The highest BCUT2D eigenvalue weighted by Gasteiger charge is 2.38. The van der Waals surface area contributed by atoms with Crippen LogP contribution in [0.15, 0.2) is 18.2 Å². The van der Waals surface area contributed by atoms with Crippen LogP contribution in [0.25, 0.3) is 0 Å². The summed E-state index contributed by atoms with van der Waals surface area (Å²) in [5.74, 6) is 0.445. The maximum absolute atomic E-state index is 13.0. The van der Waals surface area contributed by atoms with Crippen LogP contribution in [0.4, 0.5) is 0 Å². The predicted octanol–water partition coefficient (Wildman–Crippen LogP) is 1.57. The summed E-state index contributed by atoms with van der Waals surface area (Å²) in [6.45, 7) is 4.17. The van der Waals surface area contributed by atoms with Crippen molar-refractivity contribution in [1.29, 1.82) is 0 Å². The molecule has 1 aromatic rings. The maximum Gasteiger partial charge on any atom is 0.310 e. The number of fused-ring (bicyclic) bond motifs is 1. The van der Waals surface area contributed by atoms with Gasteiger partial charge in [0.25, 0.3) is 0 Å². The van der Waals surface area contributed by atoms with Gasteiger partial charge in [-0.3, -0.25) is 14.4 Å². The zero-order chi connectivity index (χ0) is 20.4. The summed E-state index contributed by atoms with van der Waals surface area (Å²) >= 11 is 0. The van der Waals surface area contributed by atoms with Gasteiger partial charge in [0.15, 0.2) is 11.5 Å². The van der Waals surface area contributed by atoms with E-state index >= 15 is 0 Å². The Morgan fingerprint density at radius 1 is 1.17 bits per heavy atom. The molecule has 2 amide bonds. The molecule has 0 N–H and O–H groups in total. The molecule has 2 fully saturated rings. The van der Waals surface area contributed by atoms with E-state index in [1.165, 1.54) is 0 Å². The fourth-order valence-corrected chi connectivity index (χ4v) is 4.24. The van der Waals surface area contributed by atoms with Crippen LogP contribution in [0.5, 0.6) is 11.5 Å². The van der Waals surface area contributed by atoms with Gasteiger partial charge in [0.1, 0.15) is 0 Å². The molecule has 8 heteroatoms. The summed E-state index contributed by atoms with van der Waals surface area (Å²) in [5, 5.41) is 0. The number of rotatable bonds is 5. The van der Waals surface area contributed by atoms with E-state index in [4.69, 9.17) is 14.2 Å². The molecule has 3 aliphatic heterocycles. The van der Waals surface area contributed by atoms with Crippen molar-refractivity contribution in [3.05, 3.63) is 23.8 Å². The first kappa shape index (κ1) is 19.5. The number of ether oxygens (including phenoxy) is 3. The number of hydrogen-bond donors (Lipinski definition) is 0. The Kier molecular flexibility index (Phi) is 5.60. The fourth-order valence-electron chi connectivity index (χ4n) is 4.24. The Labute approximate surface area is 169 Å². The average molecular weight is 402 g/mol. The van der Waals surface area contributed by atoms with E-state index < -0.39 is 0 Å². The van der Waals surface area contributed by atoms with Gasteiger partial charge in [-0.15, -0.1) is 0 Å². The minimum Gasteiger partial charge on any atom is -0.466 e. The number of likely N-dealkylation sites (tertiary alicyclic amines) is 2. The van der Waals surface area contributed by atoms with Gasteiger partial charge in [-0.25, -0.2) is 0 Å². The van der Waals surface area contributed by atoms with Gasteiger partial charge >= 0.3 is 5.97 Å². The number of amides is 2. The molecule has 2 saturated heterocycles. The number of hydrogen-bond acceptors (Lipinski definition) is 6. The molecular weight excluding hydrogens is 376 g/mol. The molecule has 0 radical (unpaired) electrons. The van der Waals surface area contributed by atoms with Gasteiger partial charge in [0.2, 0.25) is 18.6 Å². The van der Waals surface area contributed by atoms with E-state index in [1.807, 2.05) is 18.2 Å². The second-order valence-corrected chi connectivity index (χ2v) is 7.74.